The highest BCUT2D eigenvalue weighted by molar-refractivity contribution is 6.34. The van der Waals surface area contributed by atoms with Gasteiger partial charge in [0, 0.05) is 36.1 Å². The van der Waals surface area contributed by atoms with E-state index < -0.39 is 17.8 Å². The zero-order valence-electron chi connectivity index (χ0n) is 18.8. The second-order valence-electron chi connectivity index (χ2n) is 7.70. The molecule has 0 saturated heterocycles. The lowest BCUT2D eigenvalue weighted by Gasteiger charge is -2.09. The number of benzene rings is 1. The zero-order valence-corrected chi connectivity index (χ0v) is 19.6. The lowest BCUT2D eigenvalue weighted by molar-refractivity contribution is -0.141. The van der Waals surface area contributed by atoms with Crippen LogP contribution >= 0.6 is 11.6 Å². The Kier molecular flexibility index (Phi) is 8.68. The molecule has 0 saturated carbocycles. The monoisotopic (exact) mass is 522 g/mol. The van der Waals surface area contributed by atoms with E-state index in [1.807, 2.05) is 0 Å². The average molecular weight is 523 g/mol. The summed E-state index contributed by atoms with van der Waals surface area (Å²) < 4.78 is 39.9. The van der Waals surface area contributed by atoms with Gasteiger partial charge >= 0.3 is 6.18 Å². The van der Waals surface area contributed by atoms with E-state index in [0.717, 1.165) is 12.8 Å². The summed E-state index contributed by atoms with van der Waals surface area (Å²) in [6, 6.07) is 6.12. The smallest absolute Gasteiger partial charge is 0.352 e. The molecule has 0 bridgehead atoms. The summed E-state index contributed by atoms with van der Waals surface area (Å²) in [4.78, 5) is 31.4. The van der Waals surface area contributed by atoms with Crippen molar-refractivity contribution in [3.8, 4) is 6.07 Å². The highest BCUT2D eigenvalue weighted by Gasteiger charge is 2.38. The first kappa shape index (κ1) is 26.7. The number of H-pyrrole nitrogens is 2. The third kappa shape index (κ3) is 6.61. The van der Waals surface area contributed by atoms with E-state index in [1.165, 1.54) is 24.4 Å². The van der Waals surface area contributed by atoms with Crippen molar-refractivity contribution in [2.24, 2.45) is 5.73 Å². The first-order valence-electron chi connectivity index (χ1n) is 10.8. The van der Waals surface area contributed by atoms with Crippen molar-refractivity contribution in [2.45, 2.75) is 31.9 Å². The molecule has 2 heterocycles. The van der Waals surface area contributed by atoms with Crippen LogP contribution in [0.2, 0.25) is 5.02 Å². The van der Waals surface area contributed by atoms with Crippen LogP contribution in [-0.4, -0.2) is 45.1 Å². The molecule has 0 radical (unpaired) electrons. The van der Waals surface area contributed by atoms with Gasteiger partial charge in [-0.25, -0.2) is 4.98 Å². The number of hydrogen-bond donors (Lipinski definition) is 5. The van der Waals surface area contributed by atoms with Crippen LogP contribution in [0.25, 0.3) is 0 Å². The second-order valence-corrected chi connectivity index (χ2v) is 8.10. The van der Waals surface area contributed by atoms with E-state index in [0.29, 0.717) is 13.1 Å². The minimum absolute atomic E-state index is 0.0311. The van der Waals surface area contributed by atoms with Crippen LogP contribution in [0.1, 0.15) is 56.5 Å². The van der Waals surface area contributed by atoms with Crippen molar-refractivity contribution in [3.05, 3.63) is 63.5 Å². The Morgan fingerprint density at radius 2 is 2.00 bits per heavy atom. The van der Waals surface area contributed by atoms with Crippen LogP contribution < -0.4 is 16.4 Å². The molecule has 2 aromatic heterocycles. The molecule has 0 spiro atoms. The van der Waals surface area contributed by atoms with Crippen molar-refractivity contribution in [3.63, 3.8) is 0 Å². The van der Waals surface area contributed by atoms with Crippen molar-refractivity contribution in [1.82, 2.24) is 25.5 Å². The Morgan fingerprint density at radius 3 is 2.67 bits per heavy atom. The molecule has 0 aliphatic carbocycles. The van der Waals surface area contributed by atoms with Gasteiger partial charge in [-0.3, -0.25) is 14.7 Å². The summed E-state index contributed by atoms with van der Waals surface area (Å²) >= 11 is 6.19. The van der Waals surface area contributed by atoms with Gasteiger partial charge in [-0.05, 0) is 37.6 Å². The summed E-state index contributed by atoms with van der Waals surface area (Å²) in [6.45, 7) is 0.981. The average Bonchev–Trinajstić information content (AvgIpc) is 3.45. The molecule has 3 rings (SSSR count). The maximum Gasteiger partial charge on any atom is 0.435 e. The number of amides is 2. The van der Waals surface area contributed by atoms with Crippen LogP contribution in [-0.2, 0) is 19.0 Å². The first-order chi connectivity index (χ1) is 17.1. The number of alkyl halides is 3. The van der Waals surface area contributed by atoms with Gasteiger partial charge in [0.05, 0.1) is 28.8 Å². The van der Waals surface area contributed by atoms with E-state index >= 15 is 0 Å². The molecule has 0 aliphatic heterocycles. The quantitative estimate of drug-likeness (QED) is 0.256. The molecule has 0 unspecified atom stereocenters. The third-order valence-electron chi connectivity index (χ3n) is 5.08. The maximum absolute atomic E-state index is 13.3. The van der Waals surface area contributed by atoms with E-state index in [-0.39, 0.29) is 57.8 Å². The van der Waals surface area contributed by atoms with E-state index in [2.05, 4.69) is 30.8 Å². The van der Waals surface area contributed by atoms with Crippen LogP contribution in [0.3, 0.4) is 0 Å². The molecule has 0 fully saturated rings. The standard InChI is InChI=1S/C22H22ClF3N8O2/c23-16-10-12(3-4-14(16)20(35)29-8-2-1-6-27)32-21(36)19-30-11-13(31-19)9-15-17(5-7-28)33-34-18(15)22(24,25)26/h3-4,10-11H,1-2,5-6,8-9,27H2,(H,29,35)(H,30,31)(H,32,36)(H,33,34). The number of carbonyl (C=O) groups excluding carboxylic acids is 2. The minimum Gasteiger partial charge on any atom is -0.352 e. The summed E-state index contributed by atoms with van der Waals surface area (Å²) in [5, 5.41) is 19.8. The Labute approximate surface area is 208 Å². The van der Waals surface area contributed by atoms with Crippen molar-refractivity contribution >= 4 is 29.1 Å². The SMILES string of the molecule is N#CCc1[nH]nc(C(F)(F)F)c1Cc1cnc(C(=O)Nc2ccc(C(=O)NCCCCN)c(Cl)c2)[nH]1. The van der Waals surface area contributed by atoms with Gasteiger partial charge < -0.3 is 21.4 Å². The molecule has 1 aromatic carbocycles. The number of nitrogens with one attached hydrogen (secondary N) is 4. The predicted molar refractivity (Wildman–Crippen MR) is 124 cm³/mol. The Bertz CT molecular complexity index is 1280. The number of carbonyl (C=O) groups is 2. The van der Waals surface area contributed by atoms with Crippen LogP contribution in [0.15, 0.2) is 24.4 Å². The number of aromatic amines is 2. The third-order valence-corrected chi connectivity index (χ3v) is 5.39. The fraction of sp³-hybridized carbons (Fsp3) is 0.318. The highest BCUT2D eigenvalue weighted by Crippen LogP contribution is 2.33. The van der Waals surface area contributed by atoms with Crippen molar-refractivity contribution in [2.75, 3.05) is 18.4 Å². The predicted octanol–water partition coefficient (Wildman–Crippen LogP) is 3.18. The topological polar surface area (TPSA) is 165 Å². The molecule has 190 valence electrons. The van der Waals surface area contributed by atoms with E-state index in [4.69, 9.17) is 22.6 Å². The number of nitrogens with zero attached hydrogens (tertiary/aromatic N) is 3. The van der Waals surface area contributed by atoms with Gasteiger partial charge in [-0.1, -0.05) is 11.6 Å². The van der Waals surface area contributed by atoms with Gasteiger partial charge in [0.25, 0.3) is 11.8 Å². The van der Waals surface area contributed by atoms with E-state index in [9.17, 15) is 22.8 Å². The van der Waals surface area contributed by atoms with Crippen LogP contribution in [0.4, 0.5) is 18.9 Å². The number of hydrogen-bond acceptors (Lipinski definition) is 6. The number of halogens is 4. The van der Waals surface area contributed by atoms with Crippen LogP contribution in [0.5, 0.6) is 0 Å². The molecular weight excluding hydrogens is 501 g/mol. The second kappa shape index (κ2) is 11.7. The summed E-state index contributed by atoms with van der Waals surface area (Å²) in [7, 11) is 0. The van der Waals surface area contributed by atoms with Gasteiger partial charge in [-0.15, -0.1) is 0 Å². The first-order valence-corrected chi connectivity index (χ1v) is 11.1. The maximum atomic E-state index is 13.3. The normalized spacial score (nSPS) is 11.2. The lowest BCUT2D eigenvalue weighted by atomic mass is 10.1. The van der Waals surface area contributed by atoms with Gasteiger partial charge in [-0.2, -0.15) is 23.5 Å². The number of rotatable bonds is 10. The van der Waals surface area contributed by atoms with Crippen molar-refractivity contribution < 1.29 is 22.8 Å². The fourth-order valence-corrected chi connectivity index (χ4v) is 3.61. The summed E-state index contributed by atoms with van der Waals surface area (Å²) in [5.41, 5.74) is 4.84. The molecule has 36 heavy (non-hydrogen) atoms. The minimum atomic E-state index is -4.72. The number of anilines is 1. The van der Waals surface area contributed by atoms with Crippen molar-refractivity contribution in [1.29, 1.82) is 5.26 Å². The number of imidazole rings is 1. The molecule has 14 heteroatoms. The molecule has 6 N–H and O–H groups in total. The molecule has 10 nitrogen and oxygen atoms in total. The van der Waals surface area contributed by atoms with Crippen LogP contribution in [0, 0.1) is 11.3 Å². The largest absolute Gasteiger partial charge is 0.435 e. The van der Waals surface area contributed by atoms with Gasteiger partial charge in [0.2, 0.25) is 0 Å². The Hall–Kier alpha value is -3.89. The summed E-state index contributed by atoms with van der Waals surface area (Å²) in [6.07, 6.45) is -2.54. The molecular formula is C22H22ClF3N8O2. The number of unbranched alkanes of at least 4 members (excludes halogenated alkanes) is 1. The molecule has 3 aromatic rings. The highest BCUT2D eigenvalue weighted by atomic mass is 35.5. The number of nitrogens with two attached hydrogens (primary N) is 1. The van der Waals surface area contributed by atoms with Gasteiger partial charge in [0.1, 0.15) is 0 Å². The molecule has 0 aliphatic rings. The fourth-order valence-electron chi connectivity index (χ4n) is 3.34. The molecule has 0 atom stereocenters. The summed E-state index contributed by atoms with van der Waals surface area (Å²) in [5.74, 6) is -1.18. The molecule has 2 amide bonds. The zero-order chi connectivity index (χ0) is 26.3. The number of aromatic nitrogens is 4. The van der Waals surface area contributed by atoms with Gasteiger partial charge in [0.15, 0.2) is 11.5 Å². The lowest BCUT2D eigenvalue weighted by Crippen LogP contribution is -2.25. The number of nitriles is 1. The Balaban J connectivity index is 1.68. The van der Waals surface area contributed by atoms with E-state index in [1.54, 1.807) is 6.07 Å². The Morgan fingerprint density at radius 1 is 1.22 bits per heavy atom.